The molecule has 0 bridgehead atoms. The topological polar surface area (TPSA) is 52.5 Å². The van der Waals surface area contributed by atoms with Gasteiger partial charge in [0.25, 0.3) is 0 Å². The van der Waals surface area contributed by atoms with Gasteiger partial charge in [0.1, 0.15) is 11.6 Å². The fourth-order valence-corrected chi connectivity index (χ4v) is 1.71. The van der Waals surface area contributed by atoms with Crippen LogP contribution in [0, 0.1) is 5.82 Å². The van der Waals surface area contributed by atoms with E-state index >= 15 is 0 Å². The van der Waals surface area contributed by atoms with Crippen molar-refractivity contribution in [3.63, 3.8) is 0 Å². The summed E-state index contributed by atoms with van der Waals surface area (Å²) in [5.74, 6) is -0.212. The van der Waals surface area contributed by atoms with Crippen LogP contribution in [-0.2, 0) is 0 Å². The number of benzene rings is 2. The van der Waals surface area contributed by atoms with Crippen molar-refractivity contribution in [2.45, 2.75) is 6.04 Å². The van der Waals surface area contributed by atoms with Gasteiger partial charge in [-0.15, -0.1) is 0 Å². The third-order valence-corrected chi connectivity index (χ3v) is 2.68. The lowest BCUT2D eigenvalue weighted by Gasteiger charge is -2.18. The minimum Gasteiger partial charge on any atom is -0.508 e. The van der Waals surface area contributed by atoms with Crippen molar-refractivity contribution in [3.8, 4) is 5.75 Å². The molecule has 0 aromatic heterocycles. The monoisotopic (exact) mass is 247 g/mol. The zero-order chi connectivity index (χ0) is 13.0. The lowest BCUT2D eigenvalue weighted by atomic mass is 10.1. The largest absolute Gasteiger partial charge is 0.508 e. The Morgan fingerprint density at radius 2 is 1.72 bits per heavy atom. The Morgan fingerprint density at radius 1 is 1.06 bits per heavy atom. The molecule has 0 spiro atoms. The molecule has 3 nitrogen and oxygen atoms in total. The number of hydrogen-bond donors (Lipinski definition) is 3. The summed E-state index contributed by atoms with van der Waals surface area (Å²) in [5.41, 5.74) is 1.11. The maximum Gasteiger partial charge on any atom is 0.146 e. The fraction of sp³-hybridized carbons (Fsp3) is 0.143. The van der Waals surface area contributed by atoms with Crippen LogP contribution in [-0.4, -0.2) is 16.8 Å². The molecule has 0 aliphatic carbocycles. The van der Waals surface area contributed by atoms with Gasteiger partial charge >= 0.3 is 0 Å². The van der Waals surface area contributed by atoms with Gasteiger partial charge in [-0.2, -0.15) is 0 Å². The van der Waals surface area contributed by atoms with E-state index < -0.39 is 6.04 Å². The number of halogens is 1. The average molecular weight is 247 g/mol. The molecule has 0 saturated carbocycles. The fourth-order valence-electron chi connectivity index (χ4n) is 1.71. The summed E-state index contributed by atoms with van der Waals surface area (Å²) >= 11 is 0. The second-order valence-corrected chi connectivity index (χ2v) is 3.95. The van der Waals surface area contributed by atoms with Crippen LogP contribution >= 0.6 is 0 Å². The predicted octanol–water partition coefficient (Wildman–Crippen LogP) is 2.68. The van der Waals surface area contributed by atoms with Gasteiger partial charge in [0.2, 0.25) is 0 Å². The minimum atomic E-state index is -0.414. The number of aliphatic hydroxyl groups excluding tert-OH is 1. The molecule has 2 rings (SSSR count). The van der Waals surface area contributed by atoms with Crippen LogP contribution < -0.4 is 5.32 Å². The molecule has 18 heavy (non-hydrogen) atoms. The van der Waals surface area contributed by atoms with Crippen LogP contribution in [0.25, 0.3) is 0 Å². The summed E-state index contributed by atoms with van der Waals surface area (Å²) < 4.78 is 13.5. The van der Waals surface area contributed by atoms with Crippen LogP contribution in [0.15, 0.2) is 48.5 Å². The van der Waals surface area contributed by atoms with Crippen LogP contribution in [0.3, 0.4) is 0 Å². The number of aliphatic hydroxyl groups is 1. The zero-order valence-electron chi connectivity index (χ0n) is 9.68. The maximum atomic E-state index is 13.5. The van der Waals surface area contributed by atoms with Gasteiger partial charge in [-0.1, -0.05) is 24.3 Å². The van der Waals surface area contributed by atoms with Crippen LogP contribution in [0.1, 0.15) is 11.6 Å². The molecule has 0 aliphatic heterocycles. The molecule has 0 amide bonds. The molecule has 2 aromatic carbocycles. The Hall–Kier alpha value is -2.07. The van der Waals surface area contributed by atoms with Crippen molar-refractivity contribution in [1.29, 1.82) is 0 Å². The lowest BCUT2D eigenvalue weighted by Crippen LogP contribution is -2.15. The van der Waals surface area contributed by atoms with Crippen LogP contribution in [0.2, 0.25) is 0 Å². The molecule has 0 aliphatic rings. The minimum absolute atomic E-state index is 0.154. The molecule has 3 N–H and O–H groups in total. The molecular weight excluding hydrogens is 233 g/mol. The van der Waals surface area contributed by atoms with E-state index in [4.69, 9.17) is 0 Å². The summed E-state index contributed by atoms with van der Waals surface area (Å²) in [6, 6.07) is 12.3. The first-order valence-electron chi connectivity index (χ1n) is 5.61. The number of phenols is 1. The Bertz CT molecular complexity index is 513. The van der Waals surface area contributed by atoms with Gasteiger partial charge < -0.3 is 15.5 Å². The van der Waals surface area contributed by atoms with Gasteiger partial charge in [-0.05, 0) is 29.8 Å². The highest BCUT2D eigenvalue weighted by atomic mass is 19.1. The number of para-hydroxylation sites is 1. The summed E-state index contributed by atoms with van der Waals surface area (Å²) in [7, 11) is 0. The van der Waals surface area contributed by atoms with E-state index in [1.807, 2.05) is 0 Å². The SMILES string of the molecule is OCC(Nc1ccccc1F)c1ccc(O)cc1. The molecule has 1 atom stereocenters. The van der Waals surface area contributed by atoms with Crippen molar-refractivity contribution >= 4 is 5.69 Å². The third-order valence-electron chi connectivity index (χ3n) is 2.68. The molecule has 0 heterocycles. The van der Waals surface area contributed by atoms with Gasteiger partial charge in [-0.25, -0.2) is 4.39 Å². The third kappa shape index (κ3) is 2.78. The Morgan fingerprint density at radius 3 is 2.33 bits per heavy atom. The van der Waals surface area contributed by atoms with E-state index in [1.165, 1.54) is 18.2 Å². The van der Waals surface area contributed by atoms with E-state index in [9.17, 15) is 14.6 Å². The van der Waals surface area contributed by atoms with Crippen LogP contribution in [0.5, 0.6) is 5.75 Å². The van der Waals surface area contributed by atoms with E-state index in [1.54, 1.807) is 30.3 Å². The van der Waals surface area contributed by atoms with Crippen molar-refractivity contribution < 1.29 is 14.6 Å². The lowest BCUT2D eigenvalue weighted by molar-refractivity contribution is 0.276. The highest BCUT2D eigenvalue weighted by Crippen LogP contribution is 2.22. The summed E-state index contributed by atoms with van der Waals surface area (Å²) in [4.78, 5) is 0. The van der Waals surface area contributed by atoms with Crippen molar-refractivity contribution in [2.75, 3.05) is 11.9 Å². The van der Waals surface area contributed by atoms with Gasteiger partial charge in [0.15, 0.2) is 0 Å². The Balaban J connectivity index is 2.20. The van der Waals surface area contributed by atoms with Crippen LogP contribution in [0.4, 0.5) is 10.1 Å². The van der Waals surface area contributed by atoms with E-state index in [2.05, 4.69) is 5.32 Å². The van der Waals surface area contributed by atoms with Crippen molar-refractivity contribution in [1.82, 2.24) is 0 Å². The average Bonchev–Trinajstić information content (AvgIpc) is 2.39. The summed E-state index contributed by atoms with van der Waals surface area (Å²) in [6.45, 7) is -0.168. The highest BCUT2D eigenvalue weighted by molar-refractivity contribution is 5.47. The smallest absolute Gasteiger partial charge is 0.146 e. The van der Waals surface area contributed by atoms with E-state index in [-0.39, 0.29) is 18.2 Å². The molecule has 94 valence electrons. The molecule has 2 aromatic rings. The first-order valence-corrected chi connectivity index (χ1v) is 5.61. The number of rotatable bonds is 4. The quantitative estimate of drug-likeness (QED) is 0.778. The summed E-state index contributed by atoms with van der Waals surface area (Å²) in [5, 5.41) is 21.5. The number of hydrogen-bond acceptors (Lipinski definition) is 3. The number of anilines is 1. The standard InChI is InChI=1S/C14H14FNO2/c15-12-3-1-2-4-13(12)16-14(9-17)10-5-7-11(18)8-6-10/h1-8,14,16-18H,9H2. The van der Waals surface area contributed by atoms with Gasteiger partial charge in [-0.3, -0.25) is 0 Å². The van der Waals surface area contributed by atoms with E-state index in [0.717, 1.165) is 5.56 Å². The molecule has 1 unspecified atom stereocenters. The maximum absolute atomic E-state index is 13.5. The highest BCUT2D eigenvalue weighted by Gasteiger charge is 2.12. The zero-order valence-corrected chi connectivity index (χ0v) is 9.68. The first kappa shape index (κ1) is 12.4. The Labute approximate surface area is 105 Å². The van der Waals surface area contributed by atoms with E-state index in [0.29, 0.717) is 5.69 Å². The summed E-state index contributed by atoms with van der Waals surface area (Å²) in [6.07, 6.45) is 0. The van der Waals surface area contributed by atoms with Gasteiger partial charge in [0, 0.05) is 0 Å². The van der Waals surface area contributed by atoms with Gasteiger partial charge in [0.05, 0.1) is 18.3 Å². The normalized spacial score (nSPS) is 12.1. The second-order valence-electron chi connectivity index (χ2n) is 3.95. The number of phenolic OH excluding ortho intramolecular Hbond substituents is 1. The second kappa shape index (κ2) is 5.51. The predicted molar refractivity (Wildman–Crippen MR) is 68.0 cm³/mol. The Kier molecular flexibility index (Phi) is 3.79. The van der Waals surface area contributed by atoms with Crippen molar-refractivity contribution in [3.05, 3.63) is 59.9 Å². The first-order chi connectivity index (χ1) is 8.70. The molecule has 0 fully saturated rings. The molecule has 0 saturated heterocycles. The number of aromatic hydroxyl groups is 1. The molecule has 4 heteroatoms. The number of nitrogens with one attached hydrogen (secondary N) is 1. The van der Waals surface area contributed by atoms with Crippen molar-refractivity contribution in [2.24, 2.45) is 0 Å². The molecular formula is C14H14FNO2. The molecule has 0 radical (unpaired) electrons.